The Kier molecular flexibility index (Phi) is 12.9. The Bertz CT molecular complexity index is 2140. The van der Waals surface area contributed by atoms with E-state index in [2.05, 4.69) is 93.3 Å². The molecule has 4 saturated carbocycles. The number of nitrogens with one attached hydrogen (secondary N) is 1. The van der Waals surface area contributed by atoms with Crippen molar-refractivity contribution in [1.29, 1.82) is 5.26 Å². The van der Waals surface area contributed by atoms with Gasteiger partial charge in [0.25, 0.3) is 0 Å². The molecule has 5 fully saturated rings. The summed E-state index contributed by atoms with van der Waals surface area (Å²) in [4.78, 5) is 20.8. The number of pyridine rings is 1. The van der Waals surface area contributed by atoms with E-state index >= 15 is 0 Å². The van der Waals surface area contributed by atoms with Crippen molar-refractivity contribution in [2.24, 2.45) is 57.2 Å². The van der Waals surface area contributed by atoms with Crippen molar-refractivity contribution in [2.75, 3.05) is 37.7 Å². The van der Waals surface area contributed by atoms with Gasteiger partial charge in [-0.1, -0.05) is 89.3 Å². The molecular weight excluding hydrogens is 809 g/mol. The minimum Gasteiger partial charge on any atom is -0.437 e. The van der Waals surface area contributed by atoms with Crippen LogP contribution in [-0.4, -0.2) is 65.4 Å². The van der Waals surface area contributed by atoms with Crippen LogP contribution in [0.3, 0.4) is 0 Å². The summed E-state index contributed by atoms with van der Waals surface area (Å²) in [6, 6.07) is 15.4. The van der Waals surface area contributed by atoms with Gasteiger partial charge in [0.2, 0.25) is 12.2 Å². The summed E-state index contributed by atoms with van der Waals surface area (Å²) >= 11 is 2.11. The maximum Gasteiger partial charge on any atom is 0.312 e. The molecule has 2 heterocycles. The van der Waals surface area contributed by atoms with E-state index < -0.39 is 6.29 Å². The van der Waals surface area contributed by atoms with Crippen molar-refractivity contribution >= 4 is 17.7 Å². The fourth-order valence-corrected chi connectivity index (χ4v) is 17.0. The molecule has 0 bridgehead atoms. The number of thioether (sulfide) groups is 1. The monoisotopic (exact) mass is 885 g/mol. The topological polar surface area (TPSA) is 87.5 Å². The highest BCUT2D eigenvalue weighted by molar-refractivity contribution is 7.99. The number of fused-ring (bicyclic) bond motifs is 7. The van der Waals surface area contributed by atoms with Crippen molar-refractivity contribution in [1.82, 2.24) is 15.2 Å². The van der Waals surface area contributed by atoms with Gasteiger partial charge in [-0.05, 0) is 158 Å². The van der Waals surface area contributed by atoms with Gasteiger partial charge in [0.1, 0.15) is 6.07 Å². The average molecular weight is 885 g/mol. The lowest BCUT2D eigenvalue weighted by Crippen LogP contribution is -2.68. The Morgan fingerprint density at radius 2 is 1.75 bits per heavy atom. The smallest absolute Gasteiger partial charge is 0.312 e. The maximum atomic E-state index is 13.8. The van der Waals surface area contributed by atoms with E-state index in [-0.39, 0.29) is 28.3 Å². The Balaban J connectivity index is 0.892. The molecule has 7 aliphatic rings. The molecule has 1 aromatic carbocycles. The van der Waals surface area contributed by atoms with Crippen LogP contribution in [0, 0.1) is 68.5 Å². The third kappa shape index (κ3) is 8.14. The van der Waals surface area contributed by atoms with Crippen molar-refractivity contribution in [3.05, 3.63) is 95.2 Å². The molecule has 7 nitrogen and oxygen atoms in total. The summed E-state index contributed by atoms with van der Waals surface area (Å²) in [5, 5.41) is 13.6. The lowest BCUT2D eigenvalue weighted by Gasteiger charge is -2.72. The van der Waals surface area contributed by atoms with Crippen molar-refractivity contribution in [2.45, 2.75) is 137 Å². The number of nitrogens with zero attached hydrogens (tertiary/aromatic N) is 3. The number of esters is 1. The van der Waals surface area contributed by atoms with E-state index in [0.717, 1.165) is 37.3 Å². The Morgan fingerprint density at radius 3 is 2.45 bits per heavy atom. The molecule has 2 aromatic rings. The number of aromatic nitrogens is 1. The number of hydrogen-bond donors (Lipinski definition) is 1. The predicted octanol–water partition coefficient (Wildman–Crippen LogP) is 11.8. The lowest BCUT2D eigenvalue weighted by molar-refractivity contribution is -0.221. The van der Waals surface area contributed by atoms with Gasteiger partial charge >= 0.3 is 5.97 Å². The van der Waals surface area contributed by atoms with Gasteiger partial charge in [0.05, 0.1) is 11.5 Å². The van der Waals surface area contributed by atoms with Crippen LogP contribution in [0.15, 0.2) is 84.1 Å². The second kappa shape index (κ2) is 18.0. The SMILES string of the molecule is C=C(C)[C@@H]1CC[C@]2(NCCN3CCSCC3)CC[C@]3(C)[C@H](CC[C@@H]4[C@@]5(C)CC=C(C6=CCC(C(=O)OC(Cc7ccccc7)Oc7ccc(C#N)cn7)CC6)C(C)(C)[C@@H]5CC[C@]43C)[C@@H]12. The highest BCUT2D eigenvalue weighted by atomic mass is 32.2. The third-order valence-electron chi connectivity index (χ3n) is 19.4. The molecule has 1 aromatic heterocycles. The van der Waals surface area contributed by atoms with E-state index in [1.807, 2.05) is 30.3 Å². The number of allylic oxidation sites excluding steroid dienone is 5. The summed E-state index contributed by atoms with van der Waals surface area (Å²) in [5.41, 5.74) is 7.11. The molecule has 344 valence electrons. The molecule has 1 N–H and O–H groups in total. The van der Waals surface area contributed by atoms with Crippen LogP contribution in [0.4, 0.5) is 0 Å². The van der Waals surface area contributed by atoms with Gasteiger partial charge in [0, 0.05) is 61.9 Å². The lowest BCUT2D eigenvalue weighted by atomic mass is 9.33. The highest BCUT2D eigenvalue weighted by Crippen LogP contribution is 2.76. The molecule has 9 rings (SSSR count). The summed E-state index contributed by atoms with van der Waals surface area (Å²) in [5.74, 6) is 5.88. The number of nitriles is 1. The van der Waals surface area contributed by atoms with E-state index in [1.54, 1.807) is 12.1 Å². The zero-order chi connectivity index (χ0) is 44.9. The minimum absolute atomic E-state index is 0.0587. The van der Waals surface area contributed by atoms with Crippen molar-refractivity contribution < 1.29 is 14.3 Å². The van der Waals surface area contributed by atoms with Crippen LogP contribution in [0.5, 0.6) is 5.88 Å². The molecule has 8 heteroatoms. The Morgan fingerprint density at radius 1 is 0.953 bits per heavy atom. The zero-order valence-electron chi connectivity index (χ0n) is 39.9. The highest BCUT2D eigenvalue weighted by Gasteiger charge is 2.70. The van der Waals surface area contributed by atoms with Crippen molar-refractivity contribution in [3.8, 4) is 11.9 Å². The quantitative estimate of drug-likeness (QED) is 0.128. The molecule has 1 saturated heterocycles. The maximum absolute atomic E-state index is 13.8. The Hall–Kier alpha value is -3.38. The van der Waals surface area contributed by atoms with Crippen LogP contribution in [-0.2, 0) is 16.0 Å². The molecule has 0 radical (unpaired) electrons. The standard InChI is InChI=1S/C56H76N4O3S/c1-38(2)43-21-26-56(59-29-30-60-31-33-64-34-32-60)28-27-54(6)45(50(43)56)18-19-47-53(5)24-22-44(52(3,4)46(53)23-25-55(47,54)7)41-14-16-42(17-15-41)51(61)63-49(35-39-11-9-8-10-12-39)62-48-20-13-40(36-57)37-58-48/h8-14,20,22,37,42-43,45-47,49-50,59H,1,15-19,21,23-35H2,2-7H3/t42?,43-,45+,46-,47+,49?,50+,53-,54+,55+,56-/m0/s1. The molecule has 0 spiro atoms. The molecule has 6 aliphatic carbocycles. The largest absolute Gasteiger partial charge is 0.437 e. The number of carbonyl (C=O) groups is 1. The van der Waals surface area contributed by atoms with E-state index in [0.29, 0.717) is 58.8 Å². The van der Waals surface area contributed by atoms with Gasteiger partial charge in [-0.2, -0.15) is 17.0 Å². The first-order valence-electron chi connectivity index (χ1n) is 25.1. The van der Waals surface area contributed by atoms with Crippen molar-refractivity contribution in [3.63, 3.8) is 0 Å². The van der Waals surface area contributed by atoms with E-state index in [4.69, 9.17) is 9.47 Å². The van der Waals surface area contributed by atoms with Gasteiger partial charge in [0.15, 0.2) is 0 Å². The second-order valence-corrected chi connectivity index (χ2v) is 23.9. The van der Waals surface area contributed by atoms with Crippen LogP contribution in [0.1, 0.15) is 130 Å². The number of carbonyl (C=O) groups excluding carboxylic acids is 1. The van der Waals surface area contributed by atoms with Crippen LogP contribution in [0.25, 0.3) is 0 Å². The van der Waals surface area contributed by atoms with Gasteiger partial charge in [-0.15, -0.1) is 0 Å². The average Bonchev–Trinajstić information content (AvgIpc) is 3.67. The normalized spacial score (nSPS) is 37.3. The predicted molar refractivity (Wildman–Crippen MR) is 260 cm³/mol. The fraction of sp³-hybridized carbons (Fsp3) is 0.661. The van der Waals surface area contributed by atoms with Gasteiger partial charge in [-0.3, -0.25) is 4.79 Å². The summed E-state index contributed by atoms with van der Waals surface area (Å²) in [6.45, 7) is 25.2. The Labute approximate surface area is 389 Å². The van der Waals surface area contributed by atoms with Crippen LogP contribution < -0.4 is 10.1 Å². The summed E-state index contributed by atoms with van der Waals surface area (Å²) < 4.78 is 12.3. The molecule has 0 amide bonds. The van der Waals surface area contributed by atoms with Crippen LogP contribution in [0.2, 0.25) is 0 Å². The minimum atomic E-state index is -0.820. The number of hydrogen-bond acceptors (Lipinski definition) is 8. The first-order valence-corrected chi connectivity index (χ1v) is 26.2. The molecule has 1 aliphatic heterocycles. The zero-order valence-corrected chi connectivity index (χ0v) is 40.7. The second-order valence-electron chi connectivity index (χ2n) is 22.6. The van der Waals surface area contributed by atoms with Gasteiger partial charge < -0.3 is 19.7 Å². The molecule has 64 heavy (non-hydrogen) atoms. The molecule has 2 unspecified atom stereocenters. The number of rotatable bonds is 12. The third-order valence-corrected chi connectivity index (χ3v) is 20.3. The first kappa shape index (κ1) is 45.8. The first-order chi connectivity index (χ1) is 30.7. The molecule has 11 atom stereocenters. The fourth-order valence-electron chi connectivity index (χ4n) is 16.0. The van der Waals surface area contributed by atoms with E-state index in [9.17, 15) is 10.1 Å². The molecular formula is C56H76N4O3S. The van der Waals surface area contributed by atoms with Crippen LogP contribution >= 0.6 is 11.8 Å². The number of benzene rings is 1. The van der Waals surface area contributed by atoms with Gasteiger partial charge in [-0.25, -0.2) is 4.98 Å². The number of ether oxygens (including phenoxy) is 2. The summed E-state index contributed by atoms with van der Waals surface area (Å²) in [7, 11) is 0. The van der Waals surface area contributed by atoms with E-state index in [1.165, 1.54) is 105 Å². The summed E-state index contributed by atoms with van der Waals surface area (Å²) in [6.07, 6.45) is 20.2.